The van der Waals surface area contributed by atoms with Crippen molar-refractivity contribution in [1.82, 2.24) is 4.98 Å². The van der Waals surface area contributed by atoms with Crippen LogP contribution in [0.3, 0.4) is 0 Å². The molecule has 2 rings (SSSR count). The minimum atomic E-state index is -3.05. The maximum Gasteiger partial charge on any atom is 0.184 e. The van der Waals surface area contributed by atoms with Crippen molar-refractivity contribution < 1.29 is 13.2 Å². The van der Waals surface area contributed by atoms with Crippen molar-refractivity contribution in [2.24, 2.45) is 5.92 Å². The van der Waals surface area contributed by atoms with E-state index in [1.54, 1.807) is 24.4 Å². The molecule has 1 aliphatic carbocycles. The van der Waals surface area contributed by atoms with Crippen molar-refractivity contribution in [3.8, 4) is 0 Å². The highest BCUT2D eigenvalue weighted by Crippen LogP contribution is 2.30. The molecular formula is C13H17NO3S. The molecule has 1 saturated carbocycles. The Kier molecular flexibility index (Phi) is 3.80. The molecule has 0 spiro atoms. The quantitative estimate of drug-likeness (QED) is 0.784. The number of hydrogen-bond acceptors (Lipinski definition) is 4. The molecule has 0 aliphatic heterocycles. The zero-order valence-electron chi connectivity index (χ0n) is 10.4. The maximum atomic E-state index is 12.2. The van der Waals surface area contributed by atoms with Gasteiger partial charge >= 0.3 is 0 Å². The van der Waals surface area contributed by atoms with E-state index in [0.717, 1.165) is 12.8 Å². The summed E-state index contributed by atoms with van der Waals surface area (Å²) in [7, 11) is -3.05. The van der Waals surface area contributed by atoms with Gasteiger partial charge in [-0.2, -0.15) is 0 Å². The minimum Gasteiger partial charge on any atom is -0.292 e. The molecule has 0 bridgehead atoms. The van der Waals surface area contributed by atoms with Gasteiger partial charge in [0.15, 0.2) is 5.78 Å². The van der Waals surface area contributed by atoms with E-state index in [-0.39, 0.29) is 17.0 Å². The van der Waals surface area contributed by atoms with Crippen molar-refractivity contribution in [3.05, 3.63) is 30.1 Å². The Morgan fingerprint density at radius 2 is 2.11 bits per heavy atom. The third-order valence-electron chi connectivity index (χ3n) is 3.52. The van der Waals surface area contributed by atoms with Crippen molar-refractivity contribution >= 4 is 15.6 Å². The van der Waals surface area contributed by atoms with Gasteiger partial charge in [0.2, 0.25) is 0 Å². The lowest BCUT2D eigenvalue weighted by Gasteiger charge is -2.26. The van der Waals surface area contributed by atoms with Crippen molar-refractivity contribution in [3.63, 3.8) is 0 Å². The van der Waals surface area contributed by atoms with Gasteiger partial charge in [0, 0.05) is 18.4 Å². The lowest BCUT2D eigenvalue weighted by atomic mass is 9.85. The van der Waals surface area contributed by atoms with E-state index < -0.39 is 9.84 Å². The van der Waals surface area contributed by atoms with E-state index in [1.165, 1.54) is 6.26 Å². The van der Waals surface area contributed by atoms with Gasteiger partial charge in [0.25, 0.3) is 0 Å². The first-order valence-corrected chi connectivity index (χ1v) is 8.08. The molecule has 1 heterocycles. The molecule has 5 heteroatoms. The number of sulfone groups is 1. The highest BCUT2D eigenvalue weighted by molar-refractivity contribution is 7.91. The van der Waals surface area contributed by atoms with Gasteiger partial charge in [-0.1, -0.05) is 12.5 Å². The fourth-order valence-corrected chi connectivity index (χ4v) is 3.67. The molecule has 1 aromatic heterocycles. The van der Waals surface area contributed by atoms with Crippen LogP contribution in [-0.4, -0.2) is 30.7 Å². The van der Waals surface area contributed by atoms with Crippen molar-refractivity contribution in [2.45, 2.75) is 30.9 Å². The molecule has 1 aliphatic rings. The molecule has 1 aromatic rings. The van der Waals surface area contributed by atoms with Gasteiger partial charge in [0.05, 0.1) is 5.25 Å². The lowest BCUT2D eigenvalue weighted by Crippen LogP contribution is -2.31. The normalized spacial score (nSPS) is 24.7. The summed E-state index contributed by atoms with van der Waals surface area (Å²) in [5, 5.41) is -0.371. The second-order valence-electron chi connectivity index (χ2n) is 4.89. The van der Waals surface area contributed by atoms with E-state index in [9.17, 15) is 13.2 Å². The molecule has 0 amide bonds. The Labute approximate surface area is 107 Å². The predicted octanol–water partition coefficient (Wildman–Crippen LogP) is 1.87. The second-order valence-corrected chi connectivity index (χ2v) is 7.22. The molecule has 0 saturated heterocycles. The zero-order valence-corrected chi connectivity index (χ0v) is 11.2. The minimum absolute atomic E-state index is 0.0241. The summed E-state index contributed by atoms with van der Waals surface area (Å²) in [6.07, 6.45) is 5.51. The van der Waals surface area contributed by atoms with Crippen LogP contribution in [0.1, 0.15) is 36.2 Å². The Morgan fingerprint density at radius 3 is 2.72 bits per heavy atom. The molecule has 4 nitrogen and oxygen atoms in total. The van der Waals surface area contributed by atoms with E-state index in [2.05, 4.69) is 4.98 Å². The molecular weight excluding hydrogens is 250 g/mol. The van der Waals surface area contributed by atoms with E-state index >= 15 is 0 Å². The van der Waals surface area contributed by atoms with Crippen LogP contribution in [0.2, 0.25) is 0 Å². The van der Waals surface area contributed by atoms with Crippen LogP contribution in [0.15, 0.2) is 24.4 Å². The number of Topliss-reactive ketones (excluding diaryl/α,β-unsaturated/α-hetero) is 1. The zero-order chi connectivity index (χ0) is 13.2. The Balaban J connectivity index is 2.13. The molecule has 18 heavy (non-hydrogen) atoms. The Bertz CT molecular complexity index is 524. The smallest absolute Gasteiger partial charge is 0.184 e. The fourth-order valence-electron chi connectivity index (χ4n) is 2.49. The first kappa shape index (κ1) is 13.2. The maximum absolute atomic E-state index is 12.2. The van der Waals surface area contributed by atoms with Gasteiger partial charge in [-0.3, -0.25) is 9.78 Å². The van der Waals surface area contributed by atoms with Gasteiger partial charge < -0.3 is 0 Å². The third kappa shape index (κ3) is 2.96. The molecule has 0 aromatic carbocycles. The summed E-state index contributed by atoms with van der Waals surface area (Å²) in [5.41, 5.74) is 0.441. The van der Waals surface area contributed by atoms with Crippen molar-refractivity contribution in [1.29, 1.82) is 0 Å². The van der Waals surface area contributed by atoms with E-state index in [1.807, 2.05) is 0 Å². The summed E-state index contributed by atoms with van der Waals surface area (Å²) >= 11 is 0. The van der Waals surface area contributed by atoms with Crippen LogP contribution in [0, 0.1) is 5.92 Å². The summed E-state index contributed by atoms with van der Waals surface area (Å²) in [6.45, 7) is 0. The number of pyridine rings is 1. The monoisotopic (exact) mass is 267 g/mol. The van der Waals surface area contributed by atoms with Crippen LogP contribution in [0.4, 0.5) is 0 Å². The first-order chi connectivity index (χ1) is 8.48. The summed E-state index contributed by atoms with van der Waals surface area (Å²) in [5.74, 6) is -0.225. The number of nitrogens with zero attached hydrogens (tertiary/aromatic N) is 1. The van der Waals surface area contributed by atoms with E-state index in [4.69, 9.17) is 0 Å². The fraction of sp³-hybridized carbons (Fsp3) is 0.538. The number of ketones is 1. The molecule has 0 N–H and O–H groups in total. The SMILES string of the molecule is CS(=O)(=O)C1CCCC(C(=O)c2ccccn2)C1. The average molecular weight is 267 g/mol. The van der Waals surface area contributed by atoms with Gasteiger partial charge in [-0.05, 0) is 31.4 Å². The Hall–Kier alpha value is -1.23. The third-order valence-corrected chi connectivity index (χ3v) is 5.16. The van der Waals surface area contributed by atoms with Crippen LogP contribution < -0.4 is 0 Å². The van der Waals surface area contributed by atoms with Crippen LogP contribution in [0.25, 0.3) is 0 Å². The average Bonchev–Trinajstić information content (AvgIpc) is 2.38. The lowest BCUT2D eigenvalue weighted by molar-refractivity contribution is 0.0885. The summed E-state index contributed by atoms with van der Waals surface area (Å²) in [6, 6.07) is 5.22. The molecule has 1 fully saturated rings. The highest BCUT2D eigenvalue weighted by Gasteiger charge is 2.33. The number of carbonyl (C=O) groups excluding carboxylic acids is 1. The molecule has 98 valence electrons. The van der Waals surface area contributed by atoms with Gasteiger partial charge in [-0.25, -0.2) is 8.42 Å². The number of carbonyl (C=O) groups is 1. The molecule has 2 unspecified atom stereocenters. The standard InChI is InChI=1S/C13H17NO3S/c1-18(16,17)11-6-4-5-10(9-11)13(15)12-7-2-3-8-14-12/h2-3,7-8,10-11H,4-6,9H2,1H3. The number of hydrogen-bond donors (Lipinski definition) is 0. The molecule has 2 atom stereocenters. The molecule has 0 radical (unpaired) electrons. The second kappa shape index (κ2) is 5.18. The van der Waals surface area contributed by atoms with Crippen LogP contribution in [-0.2, 0) is 9.84 Å². The van der Waals surface area contributed by atoms with Crippen LogP contribution in [0.5, 0.6) is 0 Å². The predicted molar refractivity (Wildman–Crippen MR) is 69.2 cm³/mol. The largest absolute Gasteiger partial charge is 0.292 e. The summed E-state index contributed by atoms with van der Waals surface area (Å²) < 4.78 is 23.1. The van der Waals surface area contributed by atoms with E-state index in [0.29, 0.717) is 18.5 Å². The topological polar surface area (TPSA) is 64.1 Å². The Morgan fingerprint density at radius 1 is 1.33 bits per heavy atom. The summed E-state index contributed by atoms with van der Waals surface area (Å²) in [4.78, 5) is 16.3. The van der Waals surface area contributed by atoms with Gasteiger partial charge in [-0.15, -0.1) is 0 Å². The van der Waals surface area contributed by atoms with Gasteiger partial charge in [0.1, 0.15) is 15.5 Å². The number of aromatic nitrogens is 1. The highest BCUT2D eigenvalue weighted by atomic mass is 32.2. The van der Waals surface area contributed by atoms with Crippen LogP contribution >= 0.6 is 0 Å². The van der Waals surface area contributed by atoms with Crippen molar-refractivity contribution in [2.75, 3.05) is 6.26 Å². The first-order valence-electron chi connectivity index (χ1n) is 6.12. The number of rotatable bonds is 3.